The van der Waals surface area contributed by atoms with E-state index in [9.17, 15) is 18.3 Å². The Bertz CT molecular complexity index is 714. The van der Waals surface area contributed by atoms with Crippen LogP contribution in [-0.4, -0.2) is 55.4 Å². The summed E-state index contributed by atoms with van der Waals surface area (Å²) in [5.74, 6) is -1.79. The van der Waals surface area contributed by atoms with Gasteiger partial charge in [0.1, 0.15) is 0 Å². The molecule has 0 saturated heterocycles. The fraction of sp³-hybridized carbons (Fsp3) is 0.471. The molecule has 0 atom stereocenters. The third kappa shape index (κ3) is 6.33. The monoisotopic (exact) mass is 402 g/mol. The quantitative estimate of drug-likeness (QED) is 0.345. The van der Waals surface area contributed by atoms with E-state index < -0.39 is 30.4 Å². The Labute approximate surface area is 155 Å². The zero-order chi connectivity index (χ0) is 19.8. The van der Waals surface area contributed by atoms with Gasteiger partial charge in [0, 0.05) is 32.9 Å². The molecule has 0 amide bonds. The predicted molar refractivity (Wildman–Crippen MR) is 99.8 cm³/mol. The van der Waals surface area contributed by atoms with Gasteiger partial charge in [-0.2, -0.15) is 0 Å². The fourth-order valence-corrected chi connectivity index (χ4v) is 5.51. The van der Waals surface area contributed by atoms with Crippen molar-refractivity contribution >= 4 is 24.6 Å². The van der Waals surface area contributed by atoms with Gasteiger partial charge in [-0.15, -0.1) is 0 Å². The van der Waals surface area contributed by atoms with E-state index in [-0.39, 0.29) is 10.5 Å². The molecule has 1 rings (SSSR count). The molecule has 26 heavy (non-hydrogen) atoms. The van der Waals surface area contributed by atoms with Crippen LogP contribution in [0.2, 0.25) is 6.04 Å². The lowest BCUT2D eigenvalue weighted by Crippen LogP contribution is -2.42. The van der Waals surface area contributed by atoms with Crippen LogP contribution in [0.5, 0.6) is 0 Å². The molecule has 7 nitrogen and oxygen atoms in total. The van der Waals surface area contributed by atoms with Crippen LogP contribution in [0.15, 0.2) is 40.8 Å². The van der Waals surface area contributed by atoms with Gasteiger partial charge >= 0.3 is 14.8 Å². The van der Waals surface area contributed by atoms with Crippen LogP contribution in [0.25, 0.3) is 0 Å². The first kappa shape index (κ1) is 22.5. The smallest absolute Gasteiger partial charge is 0.478 e. The molecule has 9 heteroatoms. The summed E-state index contributed by atoms with van der Waals surface area (Å²) < 4.78 is 40.8. The highest BCUT2D eigenvalue weighted by Crippen LogP contribution is 2.19. The molecule has 0 saturated carbocycles. The highest BCUT2D eigenvalue weighted by atomic mass is 32.2. The Morgan fingerprint density at radius 1 is 1.12 bits per heavy atom. The van der Waals surface area contributed by atoms with Crippen molar-refractivity contribution in [3.63, 3.8) is 0 Å². The number of hydrogen-bond acceptors (Lipinski definition) is 6. The van der Waals surface area contributed by atoms with E-state index in [1.165, 1.54) is 39.5 Å². The molecule has 0 aromatic heterocycles. The summed E-state index contributed by atoms with van der Waals surface area (Å²) in [7, 11) is -1.91. The van der Waals surface area contributed by atoms with Crippen molar-refractivity contribution in [3.05, 3.63) is 41.5 Å². The summed E-state index contributed by atoms with van der Waals surface area (Å²) in [4.78, 5) is 11.5. The van der Waals surface area contributed by atoms with Gasteiger partial charge in [0.15, 0.2) is 9.84 Å². The Kier molecular flexibility index (Phi) is 8.64. The van der Waals surface area contributed by atoms with Gasteiger partial charge in [0.25, 0.3) is 0 Å². The minimum absolute atomic E-state index is 0.111. The van der Waals surface area contributed by atoms with Gasteiger partial charge < -0.3 is 18.4 Å². The molecule has 0 radical (unpaired) electrons. The Balaban J connectivity index is 2.81. The van der Waals surface area contributed by atoms with Gasteiger partial charge in [-0.3, -0.25) is 0 Å². The normalized spacial score (nSPS) is 13.0. The maximum Gasteiger partial charge on any atom is 0.500 e. The van der Waals surface area contributed by atoms with Crippen molar-refractivity contribution in [2.45, 2.75) is 30.7 Å². The number of hydrogen-bond donors (Lipinski definition) is 1. The van der Waals surface area contributed by atoms with E-state index in [4.69, 9.17) is 13.3 Å². The second-order valence-electron chi connectivity index (χ2n) is 5.79. The number of allylic oxidation sites excluding steroid dienone is 1. The van der Waals surface area contributed by atoms with Crippen LogP contribution in [0.1, 0.15) is 18.4 Å². The molecule has 1 aromatic carbocycles. The molecule has 1 N–H and O–H groups in total. The van der Waals surface area contributed by atoms with E-state index in [1.807, 2.05) is 6.92 Å². The molecule has 146 valence electrons. The van der Waals surface area contributed by atoms with Crippen LogP contribution < -0.4 is 0 Å². The highest BCUT2D eigenvalue weighted by molar-refractivity contribution is 7.91. The van der Waals surface area contributed by atoms with Gasteiger partial charge in [-0.25, -0.2) is 13.2 Å². The number of carboxylic acids is 1. The number of rotatable bonds is 11. The maximum atomic E-state index is 12.4. The van der Waals surface area contributed by atoms with E-state index in [1.54, 1.807) is 12.1 Å². The Hall–Kier alpha value is -1.52. The molecule has 0 spiro atoms. The topological polar surface area (TPSA) is 99.1 Å². The minimum atomic E-state index is -3.72. The summed E-state index contributed by atoms with van der Waals surface area (Å²) in [6.07, 6.45) is 2.38. The predicted octanol–water partition coefficient (Wildman–Crippen LogP) is 2.44. The molecule has 0 bridgehead atoms. The van der Waals surface area contributed by atoms with Crippen LogP contribution in [0.3, 0.4) is 0 Å². The summed E-state index contributed by atoms with van der Waals surface area (Å²) in [5, 5.41) is 9.33. The number of sulfone groups is 1. The fourth-order valence-electron chi connectivity index (χ4n) is 2.39. The van der Waals surface area contributed by atoms with Gasteiger partial charge in [0.05, 0.1) is 10.6 Å². The van der Waals surface area contributed by atoms with E-state index in [0.717, 1.165) is 5.56 Å². The van der Waals surface area contributed by atoms with Crippen LogP contribution in [0.4, 0.5) is 0 Å². The van der Waals surface area contributed by atoms with Crippen molar-refractivity contribution in [2.75, 3.05) is 27.1 Å². The largest absolute Gasteiger partial charge is 0.500 e. The molecule has 0 unspecified atom stereocenters. The molecule has 0 aliphatic rings. The maximum absolute atomic E-state index is 12.4. The number of benzene rings is 1. The number of aryl methyl sites for hydroxylation is 1. The molecule has 0 aliphatic carbocycles. The summed E-state index contributed by atoms with van der Waals surface area (Å²) in [6.45, 7) is 1.85. The van der Waals surface area contributed by atoms with Gasteiger partial charge in [0.2, 0.25) is 0 Å². The Morgan fingerprint density at radius 2 is 1.65 bits per heavy atom. The average molecular weight is 403 g/mol. The number of unbranched alkanes of at least 4 members (excludes halogenated alkanes) is 1. The van der Waals surface area contributed by atoms with E-state index in [2.05, 4.69) is 0 Å². The summed E-state index contributed by atoms with van der Waals surface area (Å²) in [5.41, 5.74) is 0.783. The molecule has 1 aromatic rings. The van der Waals surface area contributed by atoms with Crippen LogP contribution in [-0.2, 0) is 27.9 Å². The lowest BCUT2D eigenvalue weighted by molar-refractivity contribution is -0.132. The lowest BCUT2D eigenvalue weighted by atomic mass is 10.2. The summed E-state index contributed by atoms with van der Waals surface area (Å²) in [6, 6.07) is 6.84. The zero-order valence-electron chi connectivity index (χ0n) is 15.5. The van der Waals surface area contributed by atoms with Crippen molar-refractivity contribution in [1.82, 2.24) is 0 Å². The lowest BCUT2D eigenvalue weighted by Gasteiger charge is -2.23. The van der Waals surface area contributed by atoms with Gasteiger partial charge in [-0.1, -0.05) is 23.8 Å². The first-order valence-electron chi connectivity index (χ1n) is 8.07. The third-order valence-electron chi connectivity index (χ3n) is 4.01. The molecule has 0 aliphatic heterocycles. The van der Waals surface area contributed by atoms with E-state index in [0.29, 0.717) is 18.9 Å². The first-order chi connectivity index (χ1) is 12.2. The molecule has 0 fully saturated rings. The van der Waals surface area contributed by atoms with Crippen molar-refractivity contribution in [3.8, 4) is 0 Å². The number of carbonyl (C=O) groups is 1. The molecular formula is C17H26O7SSi. The third-order valence-corrected chi connectivity index (χ3v) is 8.52. The van der Waals surface area contributed by atoms with Crippen molar-refractivity contribution in [1.29, 1.82) is 0 Å². The van der Waals surface area contributed by atoms with Gasteiger partial charge in [-0.05, 0) is 31.9 Å². The van der Waals surface area contributed by atoms with E-state index >= 15 is 0 Å². The SMILES string of the molecule is CO[Si](CCCC=C(CS(=O)(=O)c1ccc(C)cc1)C(=O)O)(OC)OC. The second-order valence-corrected chi connectivity index (χ2v) is 10.9. The highest BCUT2D eigenvalue weighted by Gasteiger charge is 2.36. The standard InChI is InChI=1S/C17H26O7SSi/c1-14-8-10-16(11-9-14)25(20,21)13-15(17(18)19)7-5-6-12-26(22-2,23-3)24-4/h7-11H,5-6,12-13H2,1-4H3,(H,18,19). The van der Waals surface area contributed by atoms with Crippen molar-refractivity contribution in [2.24, 2.45) is 0 Å². The van der Waals surface area contributed by atoms with Crippen molar-refractivity contribution < 1.29 is 31.6 Å². The zero-order valence-corrected chi connectivity index (χ0v) is 17.3. The van der Waals surface area contributed by atoms with Crippen LogP contribution >= 0.6 is 0 Å². The molecular weight excluding hydrogens is 376 g/mol. The number of carboxylic acid groups (broad SMARTS) is 1. The second kappa shape index (κ2) is 9.98. The minimum Gasteiger partial charge on any atom is -0.478 e. The number of aliphatic carboxylic acids is 1. The average Bonchev–Trinajstić information content (AvgIpc) is 2.61. The Morgan fingerprint density at radius 3 is 2.12 bits per heavy atom. The summed E-state index contributed by atoms with van der Waals surface area (Å²) >= 11 is 0. The first-order valence-corrected chi connectivity index (χ1v) is 11.7. The van der Waals surface area contributed by atoms with Crippen LogP contribution in [0, 0.1) is 6.92 Å². The molecule has 0 heterocycles.